The molecule has 0 spiro atoms. The Morgan fingerprint density at radius 3 is 2.10 bits per heavy atom. The number of rotatable bonds is 3. The maximum Gasteiger partial charge on any atom is 0.257 e. The largest absolute Gasteiger partial charge is 0.378 e. The molecule has 1 atom stereocenters. The zero-order valence-corrected chi connectivity index (χ0v) is 12.0. The number of aliphatic hydroxyl groups excluding tert-OH is 1. The van der Waals surface area contributed by atoms with Crippen molar-refractivity contribution in [3.05, 3.63) is 64.7 Å². The van der Waals surface area contributed by atoms with Crippen molar-refractivity contribution >= 4 is 11.6 Å². The van der Waals surface area contributed by atoms with Crippen LogP contribution in [0.5, 0.6) is 0 Å². The first-order valence-electron chi connectivity index (χ1n) is 6.61. The van der Waals surface area contributed by atoms with Crippen molar-refractivity contribution in [3.8, 4) is 0 Å². The van der Waals surface area contributed by atoms with Crippen LogP contribution in [0.4, 0.5) is 5.69 Å². The average molecular weight is 269 g/mol. The Balaban J connectivity index is 2.18. The van der Waals surface area contributed by atoms with Gasteiger partial charge in [0.2, 0.25) is 0 Å². The van der Waals surface area contributed by atoms with Gasteiger partial charge in [0.25, 0.3) is 5.91 Å². The summed E-state index contributed by atoms with van der Waals surface area (Å²) in [5.74, 6) is -0.411. The highest BCUT2D eigenvalue weighted by Gasteiger charge is 2.18. The summed E-state index contributed by atoms with van der Waals surface area (Å²) in [6, 6.07) is 13.1. The zero-order valence-electron chi connectivity index (χ0n) is 12.0. The normalized spacial score (nSPS) is 12.0. The number of carbonyl (C=O) groups excluding carboxylic acids is 1. The number of anilines is 1. The van der Waals surface area contributed by atoms with E-state index in [9.17, 15) is 9.90 Å². The van der Waals surface area contributed by atoms with Crippen LogP contribution in [0.25, 0.3) is 0 Å². The first-order chi connectivity index (χ1) is 9.49. The van der Waals surface area contributed by atoms with Gasteiger partial charge in [-0.25, -0.2) is 0 Å². The Labute approximate surface area is 119 Å². The number of para-hydroxylation sites is 1. The van der Waals surface area contributed by atoms with E-state index in [1.807, 2.05) is 51.1 Å². The molecule has 0 heterocycles. The molecule has 0 saturated carbocycles. The second-order valence-electron chi connectivity index (χ2n) is 5.07. The van der Waals surface area contributed by atoms with Crippen molar-refractivity contribution in [2.45, 2.75) is 26.9 Å². The van der Waals surface area contributed by atoms with Crippen molar-refractivity contribution in [3.63, 3.8) is 0 Å². The number of nitrogens with one attached hydrogen (secondary N) is 1. The summed E-state index contributed by atoms with van der Waals surface area (Å²) in [6.07, 6.45) is -1.16. The second-order valence-corrected chi connectivity index (χ2v) is 5.07. The third-order valence-corrected chi connectivity index (χ3v) is 3.37. The molecule has 0 aliphatic rings. The van der Waals surface area contributed by atoms with E-state index < -0.39 is 12.0 Å². The Morgan fingerprint density at radius 1 is 1.00 bits per heavy atom. The van der Waals surface area contributed by atoms with E-state index in [0.717, 1.165) is 22.4 Å². The zero-order chi connectivity index (χ0) is 14.7. The minimum absolute atomic E-state index is 0.411. The maximum atomic E-state index is 12.1. The molecule has 3 heteroatoms. The number of hydrogen-bond acceptors (Lipinski definition) is 2. The summed E-state index contributed by atoms with van der Waals surface area (Å²) in [5, 5.41) is 12.9. The van der Waals surface area contributed by atoms with Crippen molar-refractivity contribution < 1.29 is 9.90 Å². The topological polar surface area (TPSA) is 49.3 Å². The van der Waals surface area contributed by atoms with E-state index >= 15 is 0 Å². The van der Waals surface area contributed by atoms with Crippen LogP contribution in [-0.4, -0.2) is 11.0 Å². The van der Waals surface area contributed by atoms with Gasteiger partial charge >= 0.3 is 0 Å². The van der Waals surface area contributed by atoms with Gasteiger partial charge in [-0.3, -0.25) is 4.79 Å². The molecule has 0 aliphatic heterocycles. The van der Waals surface area contributed by atoms with Crippen molar-refractivity contribution in [2.24, 2.45) is 0 Å². The maximum absolute atomic E-state index is 12.1. The first-order valence-corrected chi connectivity index (χ1v) is 6.61. The van der Waals surface area contributed by atoms with Crippen LogP contribution >= 0.6 is 0 Å². The third kappa shape index (κ3) is 3.06. The van der Waals surface area contributed by atoms with Gasteiger partial charge in [0, 0.05) is 5.69 Å². The van der Waals surface area contributed by atoms with E-state index in [2.05, 4.69) is 5.32 Å². The van der Waals surface area contributed by atoms with Crippen molar-refractivity contribution in [1.82, 2.24) is 0 Å². The average Bonchev–Trinajstić information content (AvgIpc) is 2.43. The SMILES string of the molecule is Cc1ccc(C(O)C(=O)Nc2c(C)cccc2C)cc1. The molecule has 0 saturated heterocycles. The van der Waals surface area contributed by atoms with Crippen LogP contribution < -0.4 is 5.32 Å². The second kappa shape index (κ2) is 5.88. The molecular weight excluding hydrogens is 250 g/mol. The number of aliphatic hydroxyl groups is 1. The lowest BCUT2D eigenvalue weighted by Crippen LogP contribution is -2.21. The van der Waals surface area contributed by atoms with Crippen LogP contribution in [0.1, 0.15) is 28.4 Å². The summed E-state index contributed by atoms with van der Waals surface area (Å²) in [6.45, 7) is 5.83. The Bertz CT molecular complexity index is 597. The van der Waals surface area contributed by atoms with E-state index in [1.54, 1.807) is 12.1 Å². The Hall–Kier alpha value is -2.13. The lowest BCUT2D eigenvalue weighted by molar-refractivity contribution is -0.124. The van der Waals surface area contributed by atoms with E-state index in [-0.39, 0.29) is 0 Å². The van der Waals surface area contributed by atoms with Crippen LogP contribution in [0.2, 0.25) is 0 Å². The van der Waals surface area contributed by atoms with Gasteiger partial charge < -0.3 is 10.4 Å². The molecule has 1 unspecified atom stereocenters. The fourth-order valence-electron chi connectivity index (χ4n) is 2.10. The Kier molecular flexibility index (Phi) is 4.20. The molecule has 1 amide bonds. The van der Waals surface area contributed by atoms with Crippen molar-refractivity contribution in [1.29, 1.82) is 0 Å². The highest BCUT2D eigenvalue weighted by atomic mass is 16.3. The van der Waals surface area contributed by atoms with Crippen molar-refractivity contribution in [2.75, 3.05) is 5.32 Å². The summed E-state index contributed by atoms with van der Waals surface area (Å²) in [7, 11) is 0. The summed E-state index contributed by atoms with van der Waals surface area (Å²) >= 11 is 0. The van der Waals surface area contributed by atoms with Crippen LogP contribution in [-0.2, 0) is 4.79 Å². The fraction of sp³-hybridized carbons (Fsp3) is 0.235. The van der Waals surface area contributed by atoms with Crippen LogP contribution in [0, 0.1) is 20.8 Å². The number of aryl methyl sites for hydroxylation is 3. The molecule has 0 fully saturated rings. The fourth-order valence-corrected chi connectivity index (χ4v) is 2.10. The Morgan fingerprint density at radius 2 is 1.55 bits per heavy atom. The van der Waals surface area contributed by atoms with Gasteiger partial charge in [-0.05, 0) is 37.5 Å². The monoisotopic (exact) mass is 269 g/mol. The minimum Gasteiger partial charge on any atom is -0.378 e. The number of hydrogen-bond donors (Lipinski definition) is 2. The molecular formula is C17H19NO2. The summed E-state index contributed by atoms with van der Waals surface area (Å²) in [5.41, 5.74) is 4.42. The van der Waals surface area contributed by atoms with Crippen LogP contribution in [0.3, 0.4) is 0 Å². The molecule has 0 aliphatic carbocycles. The molecule has 0 bridgehead atoms. The molecule has 20 heavy (non-hydrogen) atoms. The van der Waals surface area contributed by atoms with Gasteiger partial charge in [0.05, 0.1) is 0 Å². The van der Waals surface area contributed by atoms with Gasteiger partial charge in [0.1, 0.15) is 0 Å². The molecule has 3 nitrogen and oxygen atoms in total. The molecule has 2 rings (SSSR count). The smallest absolute Gasteiger partial charge is 0.257 e. The first kappa shape index (κ1) is 14.3. The highest BCUT2D eigenvalue weighted by molar-refractivity contribution is 5.96. The van der Waals surface area contributed by atoms with Gasteiger partial charge in [-0.15, -0.1) is 0 Å². The third-order valence-electron chi connectivity index (χ3n) is 3.37. The minimum atomic E-state index is -1.16. The molecule has 2 aromatic rings. The molecule has 0 radical (unpaired) electrons. The predicted octanol–water partition coefficient (Wildman–Crippen LogP) is 3.28. The molecule has 104 valence electrons. The van der Waals surface area contributed by atoms with Crippen LogP contribution in [0.15, 0.2) is 42.5 Å². The highest BCUT2D eigenvalue weighted by Crippen LogP contribution is 2.22. The molecule has 2 N–H and O–H groups in total. The quantitative estimate of drug-likeness (QED) is 0.898. The number of amides is 1. The number of carbonyl (C=O) groups is 1. The van der Waals surface area contributed by atoms with E-state index in [0.29, 0.717) is 5.56 Å². The van der Waals surface area contributed by atoms with Gasteiger partial charge in [-0.1, -0.05) is 48.0 Å². The molecule has 0 aromatic heterocycles. The summed E-state index contributed by atoms with van der Waals surface area (Å²) < 4.78 is 0. The van der Waals surface area contributed by atoms with E-state index in [1.165, 1.54) is 0 Å². The summed E-state index contributed by atoms with van der Waals surface area (Å²) in [4.78, 5) is 12.1. The number of benzene rings is 2. The van der Waals surface area contributed by atoms with E-state index in [4.69, 9.17) is 0 Å². The lowest BCUT2D eigenvalue weighted by Gasteiger charge is -2.15. The van der Waals surface area contributed by atoms with Gasteiger partial charge in [0.15, 0.2) is 6.10 Å². The predicted molar refractivity (Wildman–Crippen MR) is 80.7 cm³/mol. The van der Waals surface area contributed by atoms with Gasteiger partial charge in [-0.2, -0.15) is 0 Å². The standard InChI is InChI=1S/C17H19NO2/c1-11-7-9-14(10-8-11)16(19)17(20)18-15-12(2)5-4-6-13(15)3/h4-10,16,19H,1-3H3,(H,18,20). The molecule has 2 aromatic carbocycles. The lowest BCUT2D eigenvalue weighted by atomic mass is 10.1.